The van der Waals surface area contributed by atoms with Crippen molar-refractivity contribution in [2.75, 3.05) is 0 Å². The summed E-state index contributed by atoms with van der Waals surface area (Å²) < 4.78 is 2.88. The molecule has 0 radical (unpaired) electrons. The molecule has 0 bridgehead atoms. The molecule has 0 amide bonds. The van der Waals surface area contributed by atoms with E-state index >= 15 is 0 Å². The largest absolute Gasteiger partial charge is 0.301 e. The predicted octanol–water partition coefficient (Wildman–Crippen LogP) is 2.87. The Kier molecular flexibility index (Phi) is 2.47. The van der Waals surface area contributed by atoms with Gasteiger partial charge in [0, 0.05) is 5.54 Å². The minimum atomic E-state index is 0.169. The van der Waals surface area contributed by atoms with Crippen LogP contribution in [-0.2, 0) is 5.54 Å². The molecule has 1 aliphatic carbocycles. The lowest BCUT2D eigenvalue weighted by molar-refractivity contribution is 0.136. The molecule has 1 aromatic rings. The van der Waals surface area contributed by atoms with E-state index in [1.165, 1.54) is 25.7 Å². The summed E-state index contributed by atoms with van der Waals surface area (Å²) in [6.45, 7) is 4.61. The molecule has 1 N–H and O–H groups in total. The van der Waals surface area contributed by atoms with Crippen LogP contribution in [-0.4, -0.2) is 14.8 Å². The number of aromatic amines is 1. The van der Waals surface area contributed by atoms with Crippen molar-refractivity contribution in [3.63, 3.8) is 0 Å². The van der Waals surface area contributed by atoms with Crippen molar-refractivity contribution < 1.29 is 0 Å². The van der Waals surface area contributed by atoms with Gasteiger partial charge >= 0.3 is 0 Å². The van der Waals surface area contributed by atoms with Crippen LogP contribution in [0.1, 0.15) is 39.5 Å². The van der Waals surface area contributed by atoms with E-state index in [0.717, 1.165) is 4.77 Å². The molecule has 1 aromatic heterocycles. The van der Waals surface area contributed by atoms with Crippen LogP contribution in [0.2, 0.25) is 0 Å². The molecule has 0 spiro atoms. The predicted molar refractivity (Wildman–Crippen MR) is 58.7 cm³/mol. The van der Waals surface area contributed by atoms with Gasteiger partial charge in [0.1, 0.15) is 6.33 Å². The zero-order valence-corrected chi connectivity index (χ0v) is 9.60. The molecule has 3 nitrogen and oxygen atoms in total. The van der Waals surface area contributed by atoms with Crippen LogP contribution in [0.4, 0.5) is 0 Å². The van der Waals surface area contributed by atoms with Crippen LogP contribution >= 0.6 is 12.2 Å². The summed E-state index contributed by atoms with van der Waals surface area (Å²) in [6, 6.07) is 0. The van der Waals surface area contributed by atoms with Gasteiger partial charge in [-0.25, -0.2) is 0 Å². The van der Waals surface area contributed by atoms with Crippen molar-refractivity contribution in [3.8, 4) is 0 Å². The summed E-state index contributed by atoms with van der Waals surface area (Å²) in [5.74, 6) is 0.681. The quantitative estimate of drug-likeness (QED) is 0.725. The zero-order valence-electron chi connectivity index (χ0n) is 8.79. The smallest absolute Gasteiger partial charge is 0.195 e. The monoisotopic (exact) mass is 211 g/mol. The third kappa shape index (κ3) is 1.41. The molecule has 0 saturated heterocycles. The van der Waals surface area contributed by atoms with Crippen molar-refractivity contribution >= 4 is 12.2 Å². The molecule has 1 saturated carbocycles. The third-order valence-electron chi connectivity index (χ3n) is 3.73. The fourth-order valence-electron chi connectivity index (χ4n) is 2.46. The zero-order chi connectivity index (χ0) is 10.2. The fourth-order valence-corrected chi connectivity index (χ4v) is 2.77. The van der Waals surface area contributed by atoms with E-state index in [0.29, 0.717) is 5.92 Å². The SMILES string of the molecule is CC1CCCCC1(C)n1cn[nH]c1=S. The van der Waals surface area contributed by atoms with Gasteiger partial charge in [0.15, 0.2) is 4.77 Å². The van der Waals surface area contributed by atoms with Gasteiger partial charge in [0.05, 0.1) is 0 Å². The molecule has 0 aliphatic heterocycles. The van der Waals surface area contributed by atoms with Crippen LogP contribution in [0.3, 0.4) is 0 Å². The number of H-pyrrole nitrogens is 1. The summed E-state index contributed by atoms with van der Waals surface area (Å²) in [5, 5.41) is 6.85. The summed E-state index contributed by atoms with van der Waals surface area (Å²) >= 11 is 5.24. The highest BCUT2D eigenvalue weighted by atomic mass is 32.1. The normalized spacial score (nSPS) is 33.1. The number of hydrogen-bond acceptors (Lipinski definition) is 2. The van der Waals surface area contributed by atoms with Crippen LogP contribution in [0.15, 0.2) is 6.33 Å². The number of aromatic nitrogens is 3. The van der Waals surface area contributed by atoms with Crippen molar-refractivity contribution in [2.24, 2.45) is 5.92 Å². The Morgan fingerprint density at radius 1 is 1.64 bits per heavy atom. The summed E-state index contributed by atoms with van der Waals surface area (Å²) in [4.78, 5) is 0. The van der Waals surface area contributed by atoms with E-state index in [4.69, 9.17) is 12.2 Å². The van der Waals surface area contributed by atoms with E-state index in [2.05, 4.69) is 28.6 Å². The Morgan fingerprint density at radius 3 is 3.00 bits per heavy atom. The van der Waals surface area contributed by atoms with Gasteiger partial charge in [0.25, 0.3) is 0 Å². The van der Waals surface area contributed by atoms with E-state index in [9.17, 15) is 0 Å². The van der Waals surface area contributed by atoms with Crippen molar-refractivity contribution in [3.05, 3.63) is 11.1 Å². The molecular formula is C10H17N3S. The van der Waals surface area contributed by atoms with Gasteiger partial charge in [-0.1, -0.05) is 19.8 Å². The average molecular weight is 211 g/mol. The van der Waals surface area contributed by atoms with Crippen molar-refractivity contribution in [1.82, 2.24) is 14.8 Å². The number of rotatable bonds is 1. The average Bonchev–Trinajstić information content (AvgIpc) is 2.57. The van der Waals surface area contributed by atoms with Gasteiger partial charge in [-0.3, -0.25) is 5.10 Å². The van der Waals surface area contributed by atoms with Crippen molar-refractivity contribution in [2.45, 2.75) is 45.1 Å². The molecule has 0 aromatic carbocycles. The maximum Gasteiger partial charge on any atom is 0.195 e. The highest BCUT2D eigenvalue weighted by Gasteiger charge is 2.35. The molecule has 2 rings (SSSR count). The first-order valence-electron chi connectivity index (χ1n) is 5.27. The standard InChI is InChI=1S/C10H17N3S/c1-8-5-3-4-6-10(8,2)13-7-11-12-9(13)14/h7-8H,3-6H2,1-2H3,(H,12,14). The van der Waals surface area contributed by atoms with Crippen molar-refractivity contribution in [1.29, 1.82) is 0 Å². The summed E-state index contributed by atoms with van der Waals surface area (Å²) in [7, 11) is 0. The minimum absolute atomic E-state index is 0.169. The summed E-state index contributed by atoms with van der Waals surface area (Å²) in [5.41, 5.74) is 0.169. The maximum absolute atomic E-state index is 5.24. The van der Waals surface area contributed by atoms with Gasteiger partial charge in [-0.15, -0.1) is 0 Å². The number of hydrogen-bond donors (Lipinski definition) is 1. The van der Waals surface area contributed by atoms with E-state index < -0.39 is 0 Å². The lowest BCUT2D eigenvalue weighted by Gasteiger charge is -2.40. The second-order valence-corrected chi connectivity index (χ2v) is 4.92. The second-order valence-electron chi connectivity index (χ2n) is 4.54. The first-order valence-corrected chi connectivity index (χ1v) is 5.68. The Balaban J connectivity index is 2.39. The molecule has 2 atom stereocenters. The van der Waals surface area contributed by atoms with Crippen LogP contribution in [0.25, 0.3) is 0 Å². The highest BCUT2D eigenvalue weighted by Crippen LogP contribution is 2.39. The van der Waals surface area contributed by atoms with Crippen LogP contribution in [0.5, 0.6) is 0 Å². The second kappa shape index (κ2) is 3.50. The summed E-state index contributed by atoms with van der Waals surface area (Å²) in [6.07, 6.45) is 6.99. The van der Waals surface area contributed by atoms with E-state index in [1.807, 2.05) is 6.33 Å². The number of nitrogens with zero attached hydrogens (tertiary/aromatic N) is 2. The van der Waals surface area contributed by atoms with E-state index in [1.54, 1.807) is 0 Å². The fraction of sp³-hybridized carbons (Fsp3) is 0.800. The topological polar surface area (TPSA) is 33.6 Å². The first kappa shape index (κ1) is 9.90. The molecule has 4 heteroatoms. The van der Waals surface area contributed by atoms with Gasteiger partial charge in [-0.05, 0) is 37.9 Å². The van der Waals surface area contributed by atoms with Gasteiger partial charge in [0.2, 0.25) is 0 Å². The van der Waals surface area contributed by atoms with Gasteiger partial charge < -0.3 is 4.57 Å². The third-order valence-corrected chi connectivity index (χ3v) is 4.02. The van der Waals surface area contributed by atoms with Crippen LogP contribution < -0.4 is 0 Å². The van der Waals surface area contributed by atoms with E-state index in [-0.39, 0.29) is 5.54 Å². The Morgan fingerprint density at radius 2 is 2.43 bits per heavy atom. The first-order chi connectivity index (χ1) is 6.64. The molecular weight excluding hydrogens is 194 g/mol. The lowest BCUT2D eigenvalue weighted by atomic mass is 9.75. The Hall–Kier alpha value is -0.640. The highest BCUT2D eigenvalue weighted by molar-refractivity contribution is 7.71. The van der Waals surface area contributed by atoms with Gasteiger partial charge in [-0.2, -0.15) is 5.10 Å². The Labute approximate surface area is 89.5 Å². The minimum Gasteiger partial charge on any atom is -0.301 e. The lowest BCUT2D eigenvalue weighted by Crippen LogP contribution is -2.39. The molecule has 14 heavy (non-hydrogen) atoms. The van der Waals surface area contributed by atoms with Crippen LogP contribution in [0, 0.1) is 10.7 Å². The number of nitrogens with one attached hydrogen (secondary N) is 1. The Bertz CT molecular complexity index is 367. The molecule has 1 aliphatic rings. The molecule has 2 unspecified atom stereocenters. The maximum atomic E-state index is 5.24. The molecule has 78 valence electrons. The molecule has 1 heterocycles. The molecule has 1 fully saturated rings.